The average molecular weight is 254 g/mol. The molecule has 1 saturated heterocycles. The highest BCUT2D eigenvalue weighted by molar-refractivity contribution is 5.81. The highest BCUT2D eigenvalue weighted by Crippen LogP contribution is 2.12. The zero-order valence-electron chi connectivity index (χ0n) is 12.5. The fourth-order valence-corrected chi connectivity index (χ4v) is 2.72. The van der Waals surface area contributed by atoms with Crippen molar-refractivity contribution in [2.45, 2.75) is 71.9 Å². The van der Waals surface area contributed by atoms with E-state index in [9.17, 15) is 4.79 Å². The molecule has 3 nitrogen and oxygen atoms in total. The fraction of sp³-hybridized carbons (Fsp3) is 0.933. The Balaban J connectivity index is 2.34. The third-order valence-corrected chi connectivity index (χ3v) is 4.03. The predicted octanol–water partition coefficient (Wildman–Crippen LogP) is 2.80. The lowest BCUT2D eigenvalue weighted by molar-refractivity contribution is -0.134. The number of carbonyl (C=O) groups excluding carboxylic acids is 1. The molecule has 0 aromatic rings. The summed E-state index contributed by atoms with van der Waals surface area (Å²) in [5.74, 6) is 1.01. The van der Waals surface area contributed by atoms with E-state index in [0.29, 0.717) is 6.04 Å². The second-order valence-electron chi connectivity index (χ2n) is 5.92. The summed E-state index contributed by atoms with van der Waals surface area (Å²) in [6, 6.07) is 0.380. The fourth-order valence-electron chi connectivity index (χ4n) is 2.72. The third kappa shape index (κ3) is 4.97. The average Bonchev–Trinajstić information content (AvgIpc) is 2.38. The Morgan fingerprint density at radius 1 is 1.17 bits per heavy atom. The van der Waals surface area contributed by atoms with Crippen molar-refractivity contribution in [1.82, 2.24) is 10.2 Å². The van der Waals surface area contributed by atoms with Gasteiger partial charge in [-0.3, -0.25) is 4.79 Å². The molecule has 1 aliphatic heterocycles. The highest BCUT2D eigenvalue weighted by atomic mass is 16.2. The lowest BCUT2D eigenvalue weighted by Gasteiger charge is -2.31. The van der Waals surface area contributed by atoms with Crippen molar-refractivity contribution in [2.24, 2.45) is 5.92 Å². The Hall–Kier alpha value is -0.570. The number of nitrogens with zero attached hydrogens (tertiary/aromatic N) is 1. The van der Waals surface area contributed by atoms with Gasteiger partial charge in [0.1, 0.15) is 0 Å². The minimum atomic E-state index is -0.0397. The number of hydrogen-bond donors (Lipinski definition) is 1. The van der Waals surface area contributed by atoms with Crippen LogP contribution in [0, 0.1) is 5.92 Å². The second kappa shape index (κ2) is 7.78. The number of rotatable bonds is 6. The smallest absolute Gasteiger partial charge is 0.239 e. The van der Waals surface area contributed by atoms with Gasteiger partial charge in [-0.05, 0) is 45.4 Å². The maximum atomic E-state index is 12.3. The molecule has 1 N–H and O–H groups in total. The number of amides is 1. The molecule has 0 saturated carbocycles. The van der Waals surface area contributed by atoms with Gasteiger partial charge in [0.2, 0.25) is 5.91 Å². The Bertz CT molecular complexity index is 249. The van der Waals surface area contributed by atoms with Crippen LogP contribution in [0.1, 0.15) is 59.8 Å². The summed E-state index contributed by atoms with van der Waals surface area (Å²) in [6.07, 6.45) is 5.96. The van der Waals surface area contributed by atoms with Gasteiger partial charge in [0.15, 0.2) is 0 Å². The van der Waals surface area contributed by atoms with Crippen molar-refractivity contribution in [2.75, 3.05) is 13.1 Å². The number of piperidine rings is 1. The Kier molecular flexibility index (Phi) is 6.69. The maximum Gasteiger partial charge on any atom is 0.239 e. The standard InChI is InChI=1S/C15H30N2O/c1-5-12(2)11-13(3)16-14(4)15(18)17-9-7-6-8-10-17/h12-14,16H,5-11H2,1-4H3. The first-order valence-electron chi connectivity index (χ1n) is 7.59. The number of likely N-dealkylation sites (tertiary alicyclic amines) is 1. The normalized spacial score (nSPS) is 21.4. The molecule has 0 radical (unpaired) electrons. The van der Waals surface area contributed by atoms with E-state index in [4.69, 9.17) is 0 Å². The molecule has 18 heavy (non-hydrogen) atoms. The van der Waals surface area contributed by atoms with Crippen LogP contribution in [0.3, 0.4) is 0 Å². The van der Waals surface area contributed by atoms with Gasteiger partial charge in [-0.15, -0.1) is 0 Å². The lowest BCUT2D eigenvalue weighted by Crippen LogP contribution is -2.49. The summed E-state index contributed by atoms with van der Waals surface area (Å²) < 4.78 is 0. The highest BCUT2D eigenvalue weighted by Gasteiger charge is 2.23. The summed E-state index contributed by atoms with van der Waals surface area (Å²) in [5.41, 5.74) is 0. The van der Waals surface area contributed by atoms with E-state index in [0.717, 1.165) is 25.4 Å². The molecular formula is C15H30N2O. The van der Waals surface area contributed by atoms with Crippen LogP contribution in [0.4, 0.5) is 0 Å². The molecule has 1 heterocycles. The molecule has 1 fully saturated rings. The van der Waals surface area contributed by atoms with Gasteiger partial charge < -0.3 is 10.2 Å². The Morgan fingerprint density at radius 3 is 2.33 bits per heavy atom. The van der Waals surface area contributed by atoms with Crippen molar-refractivity contribution in [3.63, 3.8) is 0 Å². The van der Waals surface area contributed by atoms with Crippen molar-refractivity contribution >= 4 is 5.91 Å². The summed E-state index contributed by atoms with van der Waals surface area (Å²) >= 11 is 0. The molecule has 0 bridgehead atoms. The molecule has 1 rings (SSSR count). The van der Waals surface area contributed by atoms with Crippen LogP contribution in [-0.2, 0) is 4.79 Å². The quantitative estimate of drug-likeness (QED) is 0.790. The van der Waals surface area contributed by atoms with Crippen LogP contribution in [0.5, 0.6) is 0 Å². The van der Waals surface area contributed by atoms with Gasteiger partial charge in [0.25, 0.3) is 0 Å². The molecule has 0 aromatic heterocycles. The SMILES string of the molecule is CCC(C)CC(C)NC(C)C(=O)N1CCCCC1. The summed E-state index contributed by atoms with van der Waals surface area (Å²) in [5, 5.41) is 3.45. The molecule has 3 heteroatoms. The first kappa shape index (κ1) is 15.5. The third-order valence-electron chi connectivity index (χ3n) is 4.03. The number of hydrogen-bond acceptors (Lipinski definition) is 2. The molecule has 1 amide bonds. The molecule has 0 aromatic carbocycles. The van der Waals surface area contributed by atoms with Gasteiger partial charge in [-0.1, -0.05) is 20.3 Å². The summed E-state index contributed by atoms with van der Waals surface area (Å²) in [6.45, 7) is 10.6. The van der Waals surface area contributed by atoms with Crippen LogP contribution < -0.4 is 5.32 Å². The Morgan fingerprint density at radius 2 is 1.78 bits per heavy atom. The van der Waals surface area contributed by atoms with Crippen LogP contribution in [-0.4, -0.2) is 36.0 Å². The molecule has 1 aliphatic rings. The molecule has 0 spiro atoms. The zero-order valence-corrected chi connectivity index (χ0v) is 12.5. The van der Waals surface area contributed by atoms with E-state index in [1.807, 2.05) is 11.8 Å². The zero-order chi connectivity index (χ0) is 13.5. The minimum absolute atomic E-state index is 0.0397. The van der Waals surface area contributed by atoms with Crippen LogP contribution in [0.25, 0.3) is 0 Å². The van der Waals surface area contributed by atoms with E-state index in [2.05, 4.69) is 26.1 Å². The van der Waals surface area contributed by atoms with E-state index in [1.54, 1.807) is 0 Å². The first-order chi connectivity index (χ1) is 8.54. The molecule has 3 unspecified atom stereocenters. The van der Waals surface area contributed by atoms with E-state index in [-0.39, 0.29) is 11.9 Å². The molecule has 0 aliphatic carbocycles. The van der Waals surface area contributed by atoms with Crippen LogP contribution in [0.15, 0.2) is 0 Å². The predicted molar refractivity (Wildman–Crippen MR) is 76.6 cm³/mol. The van der Waals surface area contributed by atoms with Gasteiger partial charge in [-0.25, -0.2) is 0 Å². The van der Waals surface area contributed by atoms with Crippen molar-refractivity contribution in [1.29, 1.82) is 0 Å². The largest absolute Gasteiger partial charge is 0.341 e. The summed E-state index contributed by atoms with van der Waals surface area (Å²) in [4.78, 5) is 14.3. The summed E-state index contributed by atoms with van der Waals surface area (Å²) in [7, 11) is 0. The van der Waals surface area contributed by atoms with Gasteiger partial charge in [-0.2, -0.15) is 0 Å². The first-order valence-corrected chi connectivity index (χ1v) is 7.59. The monoisotopic (exact) mass is 254 g/mol. The van der Waals surface area contributed by atoms with Crippen molar-refractivity contribution in [3.05, 3.63) is 0 Å². The van der Waals surface area contributed by atoms with Gasteiger partial charge in [0.05, 0.1) is 6.04 Å². The number of carbonyl (C=O) groups is 1. The van der Waals surface area contributed by atoms with E-state index in [1.165, 1.54) is 25.7 Å². The Labute approximate surface area is 112 Å². The lowest BCUT2D eigenvalue weighted by atomic mass is 10.00. The van der Waals surface area contributed by atoms with Crippen molar-refractivity contribution < 1.29 is 4.79 Å². The molecule has 106 valence electrons. The number of nitrogens with one attached hydrogen (secondary N) is 1. The topological polar surface area (TPSA) is 32.3 Å². The minimum Gasteiger partial charge on any atom is -0.341 e. The van der Waals surface area contributed by atoms with Crippen LogP contribution in [0.2, 0.25) is 0 Å². The van der Waals surface area contributed by atoms with Gasteiger partial charge in [0, 0.05) is 19.1 Å². The van der Waals surface area contributed by atoms with Gasteiger partial charge >= 0.3 is 0 Å². The second-order valence-corrected chi connectivity index (χ2v) is 5.92. The molecule has 3 atom stereocenters. The maximum absolute atomic E-state index is 12.3. The van der Waals surface area contributed by atoms with Crippen LogP contribution >= 0.6 is 0 Å². The van der Waals surface area contributed by atoms with Crippen molar-refractivity contribution in [3.8, 4) is 0 Å². The molecular weight excluding hydrogens is 224 g/mol. The van der Waals surface area contributed by atoms with E-state index < -0.39 is 0 Å². The van der Waals surface area contributed by atoms with E-state index >= 15 is 0 Å².